The minimum atomic E-state index is -0.625. The molecule has 0 bridgehead atoms. The second kappa shape index (κ2) is 5.77. The number of halogens is 1. The summed E-state index contributed by atoms with van der Waals surface area (Å²) in [5, 5.41) is 3.37. The molecule has 1 heterocycles. The third-order valence-corrected chi connectivity index (χ3v) is 3.55. The second-order valence-corrected chi connectivity index (χ2v) is 5.03. The quantitative estimate of drug-likeness (QED) is 0.808. The molecule has 0 spiro atoms. The van der Waals surface area contributed by atoms with Crippen LogP contribution in [0.5, 0.6) is 0 Å². The first kappa shape index (κ1) is 14.1. The van der Waals surface area contributed by atoms with Gasteiger partial charge in [-0.3, -0.25) is 4.79 Å². The second-order valence-electron chi connectivity index (χ2n) is 4.63. The van der Waals surface area contributed by atoms with Gasteiger partial charge in [-0.2, -0.15) is 0 Å². The first-order chi connectivity index (χ1) is 9.04. The molecular formula is C13H18ClN3O2. The molecule has 2 rings (SSSR count). The highest BCUT2D eigenvalue weighted by molar-refractivity contribution is 6.33. The van der Waals surface area contributed by atoms with Gasteiger partial charge in [0.2, 0.25) is 5.91 Å². The Bertz CT molecular complexity index is 493. The molecule has 1 unspecified atom stereocenters. The Morgan fingerprint density at radius 1 is 1.53 bits per heavy atom. The van der Waals surface area contributed by atoms with E-state index in [1.54, 1.807) is 13.2 Å². The van der Waals surface area contributed by atoms with Crippen molar-refractivity contribution in [1.29, 1.82) is 0 Å². The number of methoxy groups -OCH3 is 1. The van der Waals surface area contributed by atoms with Gasteiger partial charge < -0.3 is 20.7 Å². The van der Waals surface area contributed by atoms with Crippen LogP contribution in [0, 0.1) is 0 Å². The minimum absolute atomic E-state index is 0.190. The lowest BCUT2D eigenvalue weighted by Gasteiger charge is -2.21. The summed E-state index contributed by atoms with van der Waals surface area (Å²) in [7, 11) is 3.64. The van der Waals surface area contributed by atoms with Crippen molar-refractivity contribution in [2.24, 2.45) is 5.73 Å². The number of nitrogens with zero attached hydrogens (tertiary/aromatic N) is 1. The number of nitrogens with two attached hydrogens (primary N) is 1. The van der Waals surface area contributed by atoms with Crippen LogP contribution in [0.2, 0.25) is 5.02 Å². The van der Waals surface area contributed by atoms with Crippen LogP contribution in [-0.2, 0) is 9.53 Å². The molecule has 0 aliphatic carbocycles. The van der Waals surface area contributed by atoms with E-state index in [-0.39, 0.29) is 5.91 Å². The van der Waals surface area contributed by atoms with Crippen molar-refractivity contribution in [3.05, 3.63) is 22.7 Å². The summed E-state index contributed by atoms with van der Waals surface area (Å²) in [6.07, 6.45) is 0.909. The maximum atomic E-state index is 11.5. The van der Waals surface area contributed by atoms with Gasteiger partial charge >= 0.3 is 0 Å². The summed E-state index contributed by atoms with van der Waals surface area (Å²) in [5.74, 6) is -0.190. The van der Waals surface area contributed by atoms with Crippen LogP contribution in [0.4, 0.5) is 11.4 Å². The molecule has 1 atom stereocenters. The van der Waals surface area contributed by atoms with Gasteiger partial charge in [-0.1, -0.05) is 11.6 Å². The van der Waals surface area contributed by atoms with E-state index in [4.69, 9.17) is 22.1 Å². The molecule has 19 heavy (non-hydrogen) atoms. The van der Waals surface area contributed by atoms with Gasteiger partial charge in [-0.25, -0.2) is 0 Å². The summed E-state index contributed by atoms with van der Waals surface area (Å²) in [5.41, 5.74) is 8.16. The maximum Gasteiger partial charge on any atom is 0.245 e. The highest BCUT2D eigenvalue weighted by Gasteiger charge is 2.28. The van der Waals surface area contributed by atoms with Crippen LogP contribution < -0.4 is 16.0 Å². The van der Waals surface area contributed by atoms with Gasteiger partial charge in [-0.15, -0.1) is 0 Å². The van der Waals surface area contributed by atoms with Gasteiger partial charge in [0.15, 0.2) is 0 Å². The molecule has 1 aromatic rings. The zero-order valence-corrected chi connectivity index (χ0v) is 11.8. The van der Waals surface area contributed by atoms with E-state index in [0.29, 0.717) is 11.6 Å². The Morgan fingerprint density at radius 2 is 2.26 bits per heavy atom. The number of benzene rings is 1. The highest BCUT2D eigenvalue weighted by Crippen LogP contribution is 2.37. The van der Waals surface area contributed by atoms with Crippen LogP contribution >= 0.6 is 11.6 Å². The first-order valence-electron chi connectivity index (χ1n) is 6.14. The molecule has 5 nitrogen and oxygen atoms in total. The van der Waals surface area contributed by atoms with Crippen LogP contribution in [0.15, 0.2) is 12.1 Å². The fourth-order valence-electron chi connectivity index (χ4n) is 2.15. The van der Waals surface area contributed by atoms with E-state index in [0.717, 1.165) is 29.9 Å². The van der Waals surface area contributed by atoms with Gasteiger partial charge in [0.05, 0.1) is 10.7 Å². The zero-order chi connectivity index (χ0) is 14.0. The molecule has 0 fully saturated rings. The lowest BCUT2D eigenvalue weighted by Crippen LogP contribution is -2.20. The van der Waals surface area contributed by atoms with E-state index in [1.807, 2.05) is 18.0 Å². The maximum absolute atomic E-state index is 11.5. The number of amides is 1. The van der Waals surface area contributed by atoms with Gasteiger partial charge in [0.1, 0.15) is 6.04 Å². The average Bonchev–Trinajstić information content (AvgIpc) is 2.65. The van der Waals surface area contributed by atoms with Crippen molar-refractivity contribution in [1.82, 2.24) is 0 Å². The molecule has 0 saturated heterocycles. The first-order valence-corrected chi connectivity index (χ1v) is 6.52. The van der Waals surface area contributed by atoms with Gasteiger partial charge in [-0.05, 0) is 18.6 Å². The van der Waals surface area contributed by atoms with Crippen molar-refractivity contribution in [3.63, 3.8) is 0 Å². The summed E-state index contributed by atoms with van der Waals surface area (Å²) < 4.78 is 5.03. The predicted octanol–water partition coefficient (Wildman–Crippen LogP) is 1.76. The Kier molecular flexibility index (Phi) is 4.29. The number of hydrogen-bond acceptors (Lipinski definition) is 4. The standard InChI is InChI=1S/C13H18ClN3O2/c1-17(4-3-5-19-2)11-7-10-8(6-9(11)14)12(15)13(18)16-10/h6-7,12H,3-5,15H2,1-2H3,(H,16,18). The Morgan fingerprint density at radius 3 is 2.95 bits per heavy atom. The zero-order valence-electron chi connectivity index (χ0n) is 11.1. The molecule has 0 saturated carbocycles. The lowest BCUT2D eigenvalue weighted by molar-refractivity contribution is -0.116. The molecule has 3 N–H and O–H groups in total. The summed E-state index contributed by atoms with van der Waals surface area (Å²) in [6, 6.07) is 3.01. The largest absolute Gasteiger partial charge is 0.385 e. The van der Waals surface area contributed by atoms with Crippen LogP contribution in [-0.4, -0.2) is 33.2 Å². The molecule has 1 aromatic carbocycles. The molecule has 0 radical (unpaired) electrons. The van der Waals surface area contributed by atoms with E-state index >= 15 is 0 Å². The van der Waals surface area contributed by atoms with Crippen molar-refractivity contribution >= 4 is 28.9 Å². The number of carbonyl (C=O) groups excluding carboxylic acids is 1. The number of fused-ring (bicyclic) bond motifs is 1. The number of rotatable bonds is 5. The van der Waals surface area contributed by atoms with Gasteiger partial charge in [0, 0.05) is 38.6 Å². The van der Waals surface area contributed by atoms with Crippen LogP contribution in [0.3, 0.4) is 0 Å². The monoisotopic (exact) mass is 283 g/mol. The van der Waals surface area contributed by atoms with Crippen molar-refractivity contribution in [2.75, 3.05) is 37.5 Å². The highest BCUT2D eigenvalue weighted by atomic mass is 35.5. The third-order valence-electron chi connectivity index (χ3n) is 3.25. The number of nitrogens with one attached hydrogen (secondary N) is 1. The molecular weight excluding hydrogens is 266 g/mol. The Labute approximate surface area is 117 Å². The van der Waals surface area contributed by atoms with E-state index in [1.165, 1.54) is 0 Å². The molecule has 6 heteroatoms. The molecule has 1 aliphatic rings. The number of carbonyl (C=O) groups is 1. The topological polar surface area (TPSA) is 67.6 Å². The molecule has 0 aromatic heterocycles. The Balaban J connectivity index is 2.19. The minimum Gasteiger partial charge on any atom is -0.385 e. The smallest absolute Gasteiger partial charge is 0.245 e. The van der Waals surface area contributed by atoms with Crippen LogP contribution in [0.1, 0.15) is 18.0 Å². The molecule has 104 valence electrons. The molecule has 1 aliphatic heterocycles. The number of hydrogen-bond donors (Lipinski definition) is 2. The number of ether oxygens (including phenoxy) is 1. The van der Waals surface area contributed by atoms with E-state index < -0.39 is 6.04 Å². The lowest BCUT2D eigenvalue weighted by atomic mass is 10.1. The van der Waals surface area contributed by atoms with E-state index in [2.05, 4.69) is 5.32 Å². The van der Waals surface area contributed by atoms with Crippen molar-refractivity contribution in [2.45, 2.75) is 12.5 Å². The van der Waals surface area contributed by atoms with Crippen LogP contribution in [0.25, 0.3) is 0 Å². The summed E-state index contributed by atoms with van der Waals surface area (Å²) >= 11 is 6.26. The number of anilines is 2. The molecule has 1 amide bonds. The Hall–Kier alpha value is -1.30. The SMILES string of the molecule is COCCCN(C)c1cc2c(cc1Cl)C(N)C(=O)N2. The summed E-state index contributed by atoms with van der Waals surface area (Å²) in [6.45, 7) is 1.53. The normalized spacial score (nSPS) is 17.3. The summed E-state index contributed by atoms with van der Waals surface area (Å²) in [4.78, 5) is 13.6. The van der Waals surface area contributed by atoms with Crippen molar-refractivity contribution in [3.8, 4) is 0 Å². The fourth-order valence-corrected chi connectivity index (χ4v) is 2.47. The fraction of sp³-hybridized carbons (Fsp3) is 0.462. The third kappa shape index (κ3) is 2.83. The van der Waals surface area contributed by atoms with E-state index in [9.17, 15) is 4.79 Å². The van der Waals surface area contributed by atoms with Gasteiger partial charge in [0.25, 0.3) is 0 Å². The predicted molar refractivity (Wildman–Crippen MR) is 76.8 cm³/mol. The van der Waals surface area contributed by atoms with Crippen molar-refractivity contribution < 1.29 is 9.53 Å². The average molecular weight is 284 g/mol.